The zero-order chi connectivity index (χ0) is 12.8. The Bertz CT molecular complexity index is 133. The molecule has 0 aliphatic heterocycles. The fraction of sp³-hybridized carbons (Fsp3) is 1.00. The molecule has 0 heterocycles. The van der Waals surface area contributed by atoms with Crippen molar-refractivity contribution in [2.45, 2.75) is 103 Å². The summed E-state index contributed by atoms with van der Waals surface area (Å²) in [7, 11) is 0. The van der Waals surface area contributed by atoms with E-state index in [0.29, 0.717) is 0 Å². The van der Waals surface area contributed by atoms with Crippen LogP contribution < -0.4 is 0 Å². The van der Waals surface area contributed by atoms with E-state index in [1.165, 1.54) is 51.4 Å². The number of unbranched alkanes of at least 4 members (excludes halogenated alkanes) is 9. The molecule has 1 heteroatoms. The van der Waals surface area contributed by atoms with Gasteiger partial charge in [0.15, 0.2) is 0 Å². The van der Waals surface area contributed by atoms with Crippen molar-refractivity contribution in [3.8, 4) is 0 Å². The Morgan fingerprint density at radius 2 is 1.00 bits per heavy atom. The number of halogens is 1. The van der Waals surface area contributed by atoms with E-state index in [9.17, 15) is 4.39 Å². The molecule has 0 aliphatic carbocycles. The second kappa shape index (κ2) is 14.0. The summed E-state index contributed by atoms with van der Waals surface area (Å²) in [5, 5.41) is 0. The predicted molar refractivity (Wildman–Crippen MR) is 76.3 cm³/mol. The van der Waals surface area contributed by atoms with Crippen molar-refractivity contribution in [2.75, 3.05) is 0 Å². The van der Waals surface area contributed by atoms with Gasteiger partial charge < -0.3 is 0 Å². The normalized spacial score (nSPS) is 12.9. The molecule has 0 N–H and O–H groups in total. The molecule has 0 aromatic rings. The first-order valence-corrected chi connectivity index (χ1v) is 7.95. The number of alkyl halides is 1. The van der Waals surface area contributed by atoms with Crippen LogP contribution >= 0.6 is 0 Å². The van der Waals surface area contributed by atoms with Crippen molar-refractivity contribution in [3.63, 3.8) is 0 Å². The molecule has 104 valence electrons. The van der Waals surface area contributed by atoms with Gasteiger partial charge in [-0.25, -0.2) is 4.39 Å². The number of hydrogen-bond donors (Lipinski definition) is 0. The molecular weight excluding hydrogens is 211 g/mol. The average Bonchev–Trinajstić information content (AvgIpc) is 2.34. The van der Waals surface area contributed by atoms with Gasteiger partial charge in [0.1, 0.15) is 6.17 Å². The third-order valence-electron chi connectivity index (χ3n) is 3.49. The Morgan fingerprint density at radius 3 is 1.53 bits per heavy atom. The Kier molecular flexibility index (Phi) is 13.9. The van der Waals surface area contributed by atoms with E-state index in [1.54, 1.807) is 0 Å². The molecule has 0 fully saturated rings. The van der Waals surface area contributed by atoms with Gasteiger partial charge in [-0.05, 0) is 12.8 Å². The van der Waals surface area contributed by atoms with Crippen molar-refractivity contribution >= 4 is 0 Å². The lowest BCUT2D eigenvalue weighted by Gasteiger charge is -2.07. The highest BCUT2D eigenvalue weighted by Gasteiger charge is 2.04. The fourth-order valence-corrected chi connectivity index (χ4v) is 2.25. The lowest BCUT2D eigenvalue weighted by molar-refractivity contribution is 0.281. The van der Waals surface area contributed by atoms with Gasteiger partial charge in [-0.3, -0.25) is 0 Å². The molecule has 1 unspecified atom stereocenters. The lowest BCUT2D eigenvalue weighted by Crippen LogP contribution is -1.99. The number of hydrogen-bond acceptors (Lipinski definition) is 0. The molecule has 1 atom stereocenters. The van der Waals surface area contributed by atoms with Gasteiger partial charge in [0.2, 0.25) is 0 Å². The molecule has 0 saturated heterocycles. The molecule has 17 heavy (non-hydrogen) atoms. The van der Waals surface area contributed by atoms with Crippen molar-refractivity contribution < 1.29 is 4.39 Å². The van der Waals surface area contributed by atoms with Crippen molar-refractivity contribution in [2.24, 2.45) is 0 Å². The topological polar surface area (TPSA) is 0 Å². The maximum Gasteiger partial charge on any atom is 0.100 e. The summed E-state index contributed by atoms with van der Waals surface area (Å²) in [5.41, 5.74) is 0. The van der Waals surface area contributed by atoms with Crippen LogP contribution in [0.2, 0.25) is 0 Å². The zero-order valence-corrected chi connectivity index (χ0v) is 12.1. The molecule has 0 aromatic carbocycles. The quantitative estimate of drug-likeness (QED) is 0.327. The maximum atomic E-state index is 13.3. The standard InChI is InChI=1S/C16H33F/c1-3-5-7-8-9-10-11-12-13-15-16(17)14-6-4-2/h16H,3-15H2,1-2H3. The summed E-state index contributed by atoms with van der Waals surface area (Å²) in [6.45, 7) is 4.39. The van der Waals surface area contributed by atoms with Gasteiger partial charge in [-0.1, -0.05) is 84.5 Å². The first-order chi connectivity index (χ1) is 8.31. The molecule has 0 radical (unpaired) electrons. The van der Waals surface area contributed by atoms with E-state index in [-0.39, 0.29) is 0 Å². The van der Waals surface area contributed by atoms with Gasteiger partial charge >= 0.3 is 0 Å². The molecule has 0 amide bonds. The summed E-state index contributed by atoms with van der Waals surface area (Å²) < 4.78 is 13.3. The fourth-order valence-electron chi connectivity index (χ4n) is 2.25. The molecule has 0 spiro atoms. The Labute approximate surface area is 108 Å². The van der Waals surface area contributed by atoms with Crippen LogP contribution in [0.4, 0.5) is 4.39 Å². The van der Waals surface area contributed by atoms with Crippen molar-refractivity contribution in [1.82, 2.24) is 0 Å². The molecule has 0 bridgehead atoms. The third-order valence-corrected chi connectivity index (χ3v) is 3.49. The highest BCUT2D eigenvalue weighted by Crippen LogP contribution is 2.15. The second-order valence-electron chi connectivity index (χ2n) is 5.36. The Hall–Kier alpha value is -0.0700. The summed E-state index contributed by atoms with van der Waals surface area (Å²) in [6, 6.07) is 0. The minimum atomic E-state index is -0.528. The first kappa shape index (κ1) is 16.9. The minimum absolute atomic E-state index is 0.528. The smallest absolute Gasteiger partial charge is 0.100 e. The maximum absolute atomic E-state index is 13.3. The van der Waals surface area contributed by atoms with Gasteiger partial charge in [-0.15, -0.1) is 0 Å². The van der Waals surface area contributed by atoms with Crippen LogP contribution in [-0.4, -0.2) is 6.17 Å². The minimum Gasteiger partial charge on any atom is -0.247 e. The molecule has 0 aromatic heterocycles. The second-order valence-corrected chi connectivity index (χ2v) is 5.36. The van der Waals surface area contributed by atoms with Crippen LogP contribution in [0.3, 0.4) is 0 Å². The number of rotatable bonds is 13. The summed E-state index contributed by atoms with van der Waals surface area (Å²) in [5.74, 6) is 0. The Balaban J connectivity index is 3.02. The van der Waals surface area contributed by atoms with Gasteiger partial charge in [0.05, 0.1) is 0 Å². The van der Waals surface area contributed by atoms with Crippen molar-refractivity contribution in [1.29, 1.82) is 0 Å². The van der Waals surface area contributed by atoms with Crippen LogP contribution in [0.25, 0.3) is 0 Å². The summed E-state index contributed by atoms with van der Waals surface area (Å²) >= 11 is 0. The van der Waals surface area contributed by atoms with E-state index in [0.717, 1.165) is 32.1 Å². The van der Waals surface area contributed by atoms with E-state index in [1.807, 2.05) is 0 Å². The molecule has 0 aliphatic rings. The van der Waals surface area contributed by atoms with E-state index in [2.05, 4.69) is 13.8 Å². The molecule has 0 rings (SSSR count). The SMILES string of the molecule is CCCCCCCCCCCC(F)CCCC. The molecule has 0 nitrogen and oxygen atoms in total. The van der Waals surface area contributed by atoms with Crippen LogP contribution in [0.1, 0.15) is 97.3 Å². The van der Waals surface area contributed by atoms with Crippen molar-refractivity contribution in [3.05, 3.63) is 0 Å². The lowest BCUT2D eigenvalue weighted by atomic mass is 10.0. The highest BCUT2D eigenvalue weighted by molar-refractivity contribution is 4.56. The van der Waals surface area contributed by atoms with Gasteiger partial charge in [0.25, 0.3) is 0 Å². The molecule has 0 saturated carbocycles. The van der Waals surface area contributed by atoms with E-state index < -0.39 is 6.17 Å². The zero-order valence-electron chi connectivity index (χ0n) is 12.1. The molecular formula is C16H33F. The van der Waals surface area contributed by atoms with Gasteiger partial charge in [-0.2, -0.15) is 0 Å². The average molecular weight is 244 g/mol. The summed E-state index contributed by atoms with van der Waals surface area (Å²) in [6.07, 6.45) is 15.1. The van der Waals surface area contributed by atoms with Crippen LogP contribution in [0.15, 0.2) is 0 Å². The largest absolute Gasteiger partial charge is 0.247 e. The first-order valence-electron chi connectivity index (χ1n) is 7.95. The van der Waals surface area contributed by atoms with E-state index >= 15 is 0 Å². The summed E-state index contributed by atoms with van der Waals surface area (Å²) in [4.78, 5) is 0. The highest BCUT2D eigenvalue weighted by atomic mass is 19.1. The Morgan fingerprint density at radius 1 is 0.588 bits per heavy atom. The van der Waals surface area contributed by atoms with Crippen LogP contribution in [0.5, 0.6) is 0 Å². The predicted octanol–water partition coefficient (Wildman–Crippen LogP) is 6.44. The van der Waals surface area contributed by atoms with Crippen LogP contribution in [-0.2, 0) is 0 Å². The third kappa shape index (κ3) is 13.9. The monoisotopic (exact) mass is 244 g/mol. The van der Waals surface area contributed by atoms with E-state index in [4.69, 9.17) is 0 Å². The van der Waals surface area contributed by atoms with Gasteiger partial charge in [0, 0.05) is 0 Å². The van der Waals surface area contributed by atoms with Crippen LogP contribution in [0, 0.1) is 0 Å².